The van der Waals surface area contributed by atoms with E-state index in [1.54, 1.807) is 0 Å². The van der Waals surface area contributed by atoms with Gasteiger partial charge in [-0.25, -0.2) is 0 Å². The van der Waals surface area contributed by atoms with Gasteiger partial charge in [-0.3, -0.25) is 0 Å². The molecule has 2 aromatic rings. The third-order valence-corrected chi connectivity index (χ3v) is 3.46. The van der Waals surface area contributed by atoms with Crippen LogP contribution >= 0.6 is 0 Å². The van der Waals surface area contributed by atoms with E-state index in [1.165, 1.54) is 16.7 Å². The summed E-state index contributed by atoms with van der Waals surface area (Å²) in [6.45, 7) is 6.32. The van der Waals surface area contributed by atoms with Crippen molar-refractivity contribution >= 4 is 0 Å². The minimum absolute atomic E-state index is 0.140. The maximum absolute atomic E-state index is 5.72. The van der Waals surface area contributed by atoms with Crippen LogP contribution in [0, 0.1) is 13.8 Å². The molecule has 102 valence electrons. The molecule has 1 heterocycles. The maximum atomic E-state index is 5.72. The van der Waals surface area contributed by atoms with Crippen molar-refractivity contribution in [3.8, 4) is 0 Å². The van der Waals surface area contributed by atoms with E-state index in [4.69, 9.17) is 4.42 Å². The van der Waals surface area contributed by atoms with E-state index in [0.717, 1.165) is 6.42 Å². The van der Waals surface area contributed by atoms with Crippen molar-refractivity contribution in [3.63, 3.8) is 0 Å². The van der Waals surface area contributed by atoms with Gasteiger partial charge in [-0.2, -0.15) is 0 Å². The molecule has 1 N–H and O–H groups in total. The van der Waals surface area contributed by atoms with Gasteiger partial charge >= 0.3 is 0 Å². The quantitative estimate of drug-likeness (QED) is 0.897. The standard InChI is InChI=1S/C15H21N3O/c1-5-13(16-4)15-18-17-14(19-15)9-12-7-6-10(2)11(3)8-12/h6-8,13,16H,5,9H2,1-4H3. The molecule has 0 aliphatic heterocycles. The zero-order chi connectivity index (χ0) is 13.8. The number of hydrogen-bond donors (Lipinski definition) is 1. The van der Waals surface area contributed by atoms with E-state index in [-0.39, 0.29) is 6.04 Å². The predicted molar refractivity (Wildman–Crippen MR) is 75.1 cm³/mol. The zero-order valence-electron chi connectivity index (χ0n) is 12.0. The first-order valence-corrected chi connectivity index (χ1v) is 6.69. The van der Waals surface area contributed by atoms with Crippen molar-refractivity contribution in [1.29, 1.82) is 0 Å². The summed E-state index contributed by atoms with van der Waals surface area (Å²) in [6, 6.07) is 6.56. The SMILES string of the molecule is CCC(NC)c1nnc(Cc2ccc(C)c(C)c2)o1. The molecule has 1 unspecified atom stereocenters. The average Bonchev–Trinajstić information content (AvgIpc) is 2.84. The summed E-state index contributed by atoms with van der Waals surface area (Å²) in [6.07, 6.45) is 1.62. The molecule has 0 amide bonds. The van der Waals surface area contributed by atoms with Gasteiger partial charge in [-0.1, -0.05) is 25.1 Å². The van der Waals surface area contributed by atoms with Crippen molar-refractivity contribution < 1.29 is 4.42 Å². The highest BCUT2D eigenvalue weighted by Gasteiger charge is 2.15. The highest BCUT2D eigenvalue weighted by atomic mass is 16.4. The van der Waals surface area contributed by atoms with Crippen LogP contribution in [0.15, 0.2) is 22.6 Å². The summed E-state index contributed by atoms with van der Waals surface area (Å²) in [5, 5.41) is 11.4. The van der Waals surface area contributed by atoms with Gasteiger partial charge in [0, 0.05) is 0 Å². The van der Waals surface area contributed by atoms with E-state index in [2.05, 4.69) is 54.5 Å². The minimum Gasteiger partial charge on any atom is -0.423 e. The number of benzene rings is 1. The molecule has 4 nitrogen and oxygen atoms in total. The fourth-order valence-electron chi connectivity index (χ4n) is 2.07. The Bertz CT molecular complexity index is 544. The lowest BCUT2D eigenvalue weighted by Crippen LogP contribution is -2.15. The smallest absolute Gasteiger partial charge is 0.233 e. The largest absolute Gasteiger partial charge is 0.423 e. The Balaban J connectivity index is 2.13. The number of rotatable bonds is 5. The fourth-order valence-corrected chi connectivity index (χ4v) is 2.07. The Morgan fingerprint density at radius 3 is 2.63 bits per heavy atom. The molecule has 1 aromatic carbocycles. The van der Waals surface area contributed by atoms with Crippen LogP contribution in [0.2, 0.25) is 0 Å². The number of hydrogen-bond acceptors (Lipinski definition) is 4. The Morgan fingerprint density at radius 1 is 1.21 bits per heavy atom. The van der Waals surface area contributed by atoms with Crippen LogP contribution in [0.1, 0.15) is 47.9 Å². The van der Waals surface area contributed by atoms with Crippen LogP contribution in [0.25, 0.3) is 0 Å². The van der Waals surface area contributed by atoms with Crippen molar-refractivity contribution in [1.82, 2.24) is 15.5 Å². The lowest BCUT2D eigenvalue weighted by Gasteiger charge is -2.07. The molecule has 0 spiro atoms. The molecule has 0 saturated heterocycles. The van der Waals surface area contributed by atoms with E-state index in [1.807, 2.05) is 7.05 Å². The normalized spacial score (nSPS) is 12.6. The first-order chi connectivity index (χ1) is 9.13. The molecular weight excluding hydrogens is 238 g/mol. The summed E-state index contributed by atoms with van der Waals surface area (Å²) in [5.41, 5.74) is 3.80. The third-order valence-electron chi connectivity index (χ3n) is 3.46. The number of aryl methyl sites for hydroxylation is 2. The highest BCUT2D eigenvalue weighted by Crippen LogP contribution is 2.17. The molecule has 0 bridgehead atoms. The first kappa shape index (κ1) is 13.7. The molecule has 0 saturated carbocycles. The van der Waals surface area contributed by atoms with Crippen LogP contribution in [0.4, 0.5) is 0 Å². The Hall–Kier alpha value is -1.68. The van der Waals surface area contributed by atoms with Crippen molar-refractivity contribution in [2.75, 3.05) is 7.05 Å². The number of aromatic nitrogens is 2. The fraction of sp³-hybridized carbons (Fsp3) is 0.467. The summed E-state index contributed by atoms with van der Waals surface area (Å²) in [7, 11) is 1.90. The Labute approximate surface area is 114 Å². The monoisotopic (exact) mass is 259 g/mol. The van der Waals surface area contributed by atoms with Gasteiger partial charge in [0.25, 0.3) is 0 Å². The number of nitrogens with zero attached hydrogens (tertiary/aromatic N) is 2. The highest BCUT2D eigenvalue weighted by molar-refractivity contribution is 5.31. The van der Waals surface area contributed by atoms with E-state index < -0.39 is 0 Å². The molecule has 0 aliphatic carbocycles. The third kappa shape index (κ3) is 3.20. The van der Waals surface area contributed by atoms with Crippen LogP contribution < -0.4 is 5.32 Å². The summed E-state index contributed by atoms with van der Waals surface area (Å²) in [4.78, 5) is 0. The molecular formula is C15H21N3O. The summed E-state index contributed by atoms with van der Waals surface area (Å²) < 4.78 is 5.72. The average molecular weight is 259 g/mol. The zero-order valence-corrected chi connectivity index (χ0v) is 12.0. The van der Waals surface area contributed by atoms with E-state index in [0.29, 0.717) is 18.2 Å². The van der Waals surface area contributed by atoms with Gasteiger partial charge in [0.05, 0.1) is 12.5 Å². The van der Waals surface area contributed by atoms with Crippen LogP contribution in [-0.4, -0.2) is 17.2 Å². The Morgan fingerprint density at radius 2 is 2.00 bits per heavy atom. The van der Waals surface area contributed by atoms with E-state index in [9.17, 15) is 0 Å². The minimum atomic E-state index is 0.140. The van der Waals surface area contributed by atoms with Crippen LogP contribution in [0.3, 0.4) is 0 Å². The lowest BCUT2D eigenvalue weighted by atomic mass is 10.0. The molecule has 2 rings (SSSR count). The molecule has 1 aromatic heterocycles. The molecule has 0 aliphatic rings. The van der Waals surface area contributed by atoms with Gasteiger partial charge in [-0.05, 0) is 44.0 Å². The molecule has 0 fully saturated rings. The molecule has 4 heteroatoms. The van der Waals surface area contributed by atoms with Gasteiger partial charge in [0.1, 0.15) is 0 Å². The maximum Gasteiger partial charge on any atom is 0.233 e. The van der Waals surface area contributed by atoms with Crippen molar-refractivity contribution in [2.45, 2.75) is 39.7 Å². The topological polar surface area (TPSA) is 51.0 Å². The van der Waals surface area contributed by atoms with Gasteiger partial charge in [0.15, 0.2) is 0 Å². The second-order valence-corrected chi connectivity index (χ2v) is 4.88. The molecule has 19 heavy (non-hydrogen) atoms. The van der Waals surface area contributed by atoms with Crippen molar-refractivity contribution in [2.24, 2.45) is 0 Å². The lowest BCUT2D eigenvalue weighted by molar-refractivity contribution is 0.390. The van der Waals surface area contributed by atoms with Crippen LogP contribution in [0.5, 0.6) is 0 Å². The first-order valence-electron chi connectivity index (χ1n) is 6.69. The second kappa shape index (κ2) is 5.97. The van der Waals surface area contributed by atoms with E-state index >= 15 is 0 Å². The van der Waals surface area contributed by atoms with Gasteiger partial charge < -0.3 is 9.73 Å². The van der Waals surface area contributed by atoms with Crippen LogP contribution in [-0.2, 0) is 6.42 Å². The molecule has 0 radical (unpaired) electrons. The summed E-state index contributed by atoms with van der Waals surface area (Å²) >= 11 is 0. The Kier molecular flexibility index (Phi) is 4.32. The second-order valence-electron chi connectivity index (χ2n) is 4.88. The predicted octanol–water partition coefficient (Wildman–Crippen LogP) is 2.95. The van der Waals surface area contributed by atoms with Crippen molar-refractivity contribution in [3.05, 3.63) is 46.7 Å². The number of nitrogens with one attached hydrogen (secondary N) is 1. The van der Waals surface area contributed by atoms with Gasteiger partial charge in [-0.15, -0.1) is 10.2 Å². The van der Waals surface area contributed by atoms with Gasteiger partial charge in [0.2, 0.25) is 11.8 Å². The summed E-state index contributed by atoms with van der Waals surface area (Å²) in [5.74, 6) is 1.34. The molecule has 1 atom stereocenters.